The third kappa shape index (κ3) is 43.1. The maximum Gasteiger partial charge on any atom is 0.306 e. The van der Waals surface area contributed by atoms with Gasteiger partial charge >= 0.3 is 17.9 Å². The lowest BCUT2D eigenvalue weighted by molar-refractivity contribution is -0.167. The normalized spacial score (nSPS) is 12.0. The van der Waals surface area contributed by atoms with Crippen molar-refractivity contribution >= 4 is 17.9 Å². The van der Waals surface area contributed by atoms with Gasteiger partial charge in [0.05, 0.1) is 0 Å². The van der Waals surface area contributed by atoms with Crippen molar-refractivity contribution in [2.24, 2.45) is 0 Å². The summed E-state index contributed by atoms with van der Waals surface area (Å²) in [5.41, 5.74) is 0. The number of rotatable bonds is 44. The molecule has 0 aromatic carbocycles. The fraction of sp³-hybridized carbons (Fsp3) is 0.898. The van der Waals surface area contributed by atoms with Gasteiger partial charge in [-0.05, 0) is 38.5 Å². The number of allylic oxidation sites excluding steroid dienone is 2. The van der Waals surface area contributed by atoms with Crippen LogP contribution in [0.15, 0.2) is 12.2 Å². The van der Waals surface area contributed by atoms with Gasteiger partial charge in [-0.3, -0.25) is 14.4 Å². The van der Waals surface area contributed by atoms with Gasteiger partial charge in [0.1, 0.15) is 13.2 Å². The van der Waals surface area contributed by atoms with Gasteiger partial charge in [-0.1, -0.05) is 219 Å². The molecule has 0 aliphatic rings. The summed E-state index contributed by atoms with van der Waals surface area (Å²) in [7, 11) is 0. The van der Waals surface area contributed by atoms with E-state index in [4.69, 9.17) is 14.2 Å². The summed E-state index contributed by atoms with van der Waals surface area (Å²) in [6.07, 6.45) is 47.6. The second-order valence-electron chi connectivity index (χ2n) is 16.4. The average Bonchev–Trinajstić information content (AvgIpc) is 3.18. The molecule has 1 atom stereocenters. The molecule has 0 aliphatic heterocycles. The molecule has 0 fully saturated rings. The minimum absolute atomic E-state index is 0.0677. The van der Waals surface area contributed by atoms with Crippen LogP contribution in [0.5, 0.6) is 0 Å². The van der Waals surface area contributed by atoms with E-state index in [1.807, 2.05) is 0 Å². The Labute approximate surface area is 341 Å². The molecule has 6 heteroatoms. The predicted octanol–water partition coefficient (Wildman–Crippen LogP) is 15.4. The Bertz CT molecular complexity index is 854. The Morgan fingerprint density at radius 2 is 0.618 bits per heavy atom. The summed E-state index contributed by atoms with van der Waals surface area (Å²) in [6, 6.07) is 0. The third-order valence-electron chi connectivity index (χ3n) is 10.8. The van der Waals surface area contributed by atoms with Crippen LogP contribution in [0.25, 0.3) is 0 Å². The quantitative estimate of drug-likeness (QED) is 0.0265. The monoisotopic (exact) mass is 777 g/mol. The zero-order valence-electron chi connectivity index (χ0n) is 37.0. The summed E-state index contributed by atoms with van der Waals surface area (Å²) < 4.78 is 16.7. The standard InChI is InChI=1S/C49H92O6/c1-4-7-10-13-16-19-22-24-25-28-30-33-36-39-42-48(51)54-45-46(44-53-47(50)41-38-35-32-29-26-21-18-15-12-9-6-3)55-49(52)43-40-37-34-31-27-23-20-17-14-11-8-5-2/h15,18,46H,4-14,16-17,19-45H2,1-3H3/b18-15-. The number of esters is 3. The molecule has 0 bridgehead atoms. The van der Waals surface area contributed by atoms with Gasteiger partial charge in [-0.25, -0.2) is 0 Å². The first-order chi connectivity index (χ1) is 27.0. The second kappa shape index (κ2) is 44.9. The molecule has 6 nitrogen and oxygen atoms in total. The molecule has 0 amide bonds. The smallest absolute Gasteiger partial charge is 0.306 e. The van der Waals surface area contributed by atoms with E-state index in [2.05, 4.69) is 32.9 Å². The molecule has 0 N–H and O–H groups in total. The van der Waals surface area contributed by atoms with E-state index >= 15 is 0 Å². The van der Waals surface area contributed by atoms with Gasteiger partial charge in [-0.15, -0.1) is 0 Å². The number of unbranched alkanes of at least 4 members (excludes halogenated alkanes) is 31. The van der Waals surface area contributed by atoms with Crippen molar-refractivity contribution in [1.82, 2.24) is 0 Å². The summed E-state index contributed by atoms with van der Waals surface area (Å²) in [6.45, 7) is 6.61. The molecule has 1 unspecified atom stereocenters. The first-order valence-corrected chi connectivity index (χ1v) is 24.2. The highest BCUT2D eigenvalue weighted by Crippen LogP contribution is 2.16. The Morgan fingerprint density at radius 3 is 0.964 bits per heavy atom. The molecule has 0 aromatic rings. The fourth-order valence-electron chi connectivity index (χ4n) is 7.07. The van der Waals surface area contributed by atoms with E-state index in [1.165, 1.54) is 161 Å². The summed E-state index contributed by atoms with van der Waals surface area (Å²) in [5, 5.41) is 0. The minimum Gasteiger partial charge on any atom is -0.462 e. The van der Waals surface area contributed by atoms with Crippen molar-refractivity contribution in [2.75, 3.05) is 13.2 Å². The van der Waals surface area contributed by atoms with E-state index in [1.54, 1.807) is 0 Å². The van der Waals surface area contributed by atoms with Gasteiger partial charge in [-0.2, -0.15) is 0 Å². The fourth-order valence-corrected chi connectivity index (χ4v) is 7.07. The van der Waals surface area contributed by atoms with Crippen LogP contribution in [0, 0.1) is 0 Å². The molecule has 0 saturated heterocycles. The van der Waals surface area contributed by atoms with Crippen molar-refractivity contribution in [1.29, 1.82) is 0 Å². The number of ether oxygens (including phenoxy) is 3. The number of carbonyl (C=O) groups excluding carboxylic acids is 3. The molecule has 0 saturated carbocycles. The van der Waals surface area contributed by atoms with Crippen LogP contribution in [0.2, 0.25) is 0 Å². The molecule has 0 radical (unpaired) electrons. The Morgan fingerprint density at radius 1 is 0.345 bits per heavy atom. The average molecular weight is 777 g/mol. The van der Waals surface area contributed by atoms with Crippen molar-refractivity contribution in [3.63, 3.8) is 0 Å². The Kier molecular flexibility index (Phi) is 43.4. The highest BCUT2D eigenvalue weighted by Gasteiger charge is 2.19. The highest BCUT2D eigenvalue weighted by atomic mass is 16.6. The van der Waals surface area contributed by atoms with Crippen LogP contribution in [-0.4, -0.2) is 37.2 Å². The zero-order chi connectivity index (χ0) is 40.1. The van der Waals surface area contributed by atoms with E-state index < -0.39 is 6.10 Å². The van der Waals surface area contributed by atoms with Crippen molar-refractivity contribution in [3.05, 3.63) is 12.2 Å². The lowest BCUT2D eigenvalue weighted by atomic mass is 10.0. The lowest BCUT2D eigenvalue weighted by Gasteiger charge is -2.18. The summed E-state index contributed by atoms with van der Waals surface area (Å²) in [4.78, 5) is 37.8. The van der Waals surface area contributed by atoms with Gasteiger partial charge in [0.15, 0.2) is 6.10 Å². The maximum atomic E-state index is 12.7. The number of hydrogen-bond acceptors (Lipinski definition) is 6. The first-order valence-electron chi connectivity index (χ1n) is 24.2. The second-order valence-corrected chi connectivity index (χ2v) is 16.4. The molecule has 0 aromatic heterocycles. The van der Waals surface area contributed by atoms with Crippen molar-refractivity contribution < 1.29 is 28.6 Å². The maximum absolute atomic E-state index is 12.7. The van der Waals surface area contributed by atoms with E-state index in [9.17, 15) is 14.4 Å². The SMILES string of the molecule is CCCC/C=C\CCCCCCCC(=O)OCC(COC(=O)CCCCCCCCCCCCCCCC)OC(=O)CCCCCCCCCCCCCC. The first kappa shape index (κ1) is 53.1. The Hall–Kier alpha value is -1.85. The number of carbonyl (C=O) groups is 3. The Balaban J connectivity index is 4.33. The van der Waals surface area contributed by atoms with Gasteiger partial charge in [0, 0.05) is 19.3 Å². The molecule has 0 heterocycles. The third-order valence-corrected chi connectivity index (χ3v) is 10.8. The predicted molar refractivity (Wildman–Crippen MR) is 233 cm³/mol. The molecule has 0 spiro atoms. The van der Waals surface area contributed by atoms with Crippen LogP contribution in [0.4, 0.5) is 0 Å². The zero-order valence-corrected chi connectivity index (χ0v) is 37.0. The van der Waals surface area contributed by atoms with E-state index in [0.29, 0.717) is 19.3 Å². The highest BCUT2D eigenvalue weighted by molar-refractivity contribution is 5.71. The van der Waals surface area contributed by atoms with Gasteiger partial charge in [0.2, 0.25) is 0 Å². The largest absolute Gasteiger partial charge is 0.462 e. The topological polar surface area (TPSA) is 78.9 Å². The lowest BCUT2D eigenvalue weighted by Crippen LogP contribution is -2.30. The summed E-state index contributed by atoms with van der Waals surface area (Å²) in [5.74, 6) is -0.866. The van der Waals surface area contributed by atoms with Gasteiger partial charge < -0.3 is 14.2 Å². The van der Waals surface area contributed by atoms with E-state index in [-0.39, 0.29) is 31.1 Å². The van der Waals surface area contributed by atoms with Crippen LogP contribution < -0.4 is 0 Å². The molecular weight excluding hydrogens is 685 g/mol. The van der Waals surface area contributed by atoms with E-state index in [0.717, 1.165) is 64.2 Å². The molecule has 55 heavy (non-hydrogen) atoms. The van der Waals surface area contributed by atoms with Crippen molar-refractivity contribution in [3.8, 4) is 0 Å². The molecule has 0 aliphatic carbocycles. The van der Waals surface area contributed by atoms with Crippen LogP contribution in [-0.2, 0) is 28.6 Å². The minimum atomic E-state index is -0.764. The van der Waals surface area contributed by atoms with Crippen molar-refractivity contribution in [2.45, 2.75) is 271 Å². The number of hydrogen-bond donors (Lipinski definition) is 0. The van der Waals surface area contributed by atoms with Gasteiger partial charge in [0.25, 0.3) is 0 Å². The van der Waals surface area contributed by atoms with Crippen LogP contribution >= 0.6 is 0 Å². The molecular formula is C49H92O6. The molecule has 0 rings (SSSR count). The molecule has 324 valence electrons. The summed E-state index contributed by atoms with van der Waals surface area (Å²) >= 11 is 0. The van der Waals surface area contributed by atoms with Crippen LogP contribution in [0.1, 0.15) is 265 Å². The van der Waals surface area contributed by atoms with Crippen LogP contribution in [0.3, 0.4) is 0 Å².